The maximum atomic E-state index is 5.80. The summed E-state index contributed by atoms with van der Waals surface area (Å²) in [5, 5.41) is 3.34. The van der Waals surface area contributed by atoms with E-state index >= 15 is 0 Å². The molecule has 0 aliphatic carbocycles. The monoisotopic (exact) mass is 250 g/mol. The lowest BCUT2D eigenvalue weighted by Gasteiger charge is -2.14. The van der Waals surface area contributed by atoms with E-state index in [1.165, 1.54) is 0 Å². The second-order valence-electron chi connectivity index (χ2n) is 3.26. The third kappa shape index (κ3) is 3.52. The van der Waals surface area contributed by atoms with E-state index in [2.05, 4.69) is 17.2 Å². The number of pyridine rings is 1. The molecule has 1 aliphatic rings. The van der Waals surface area contributed by atoms with E-state index in [1.54, 1.807) is 6.20 Å². The fraction of sp³-hybridized carbons (Fsp3) is 0.500. The number of nitrogens with one attached hydrogen (secondary N) is 1. The van der Waals surface area contributed by atoms with Crippen molar-refractivity contribution in [2.24, 2.45) is 0 Å². The highest BCUT2D eigenvalue weighted by molar-refractivity contribution is 5.85. The van der Waals surface area contributed by atoms with Gasteiger partial charge in [0, 0.05) is 31.0 Å². The second kappa shape index (κ2) is 6.88. The molecule has 0 aromatic carbocycles. The Bertz CT molecular complexity index is 297. The highest BCUT2D eigenvalue weighted by atomic mass is 35.5. The molecule has 2 rings (SSSR count). The first kappa shape index (κ1) is 14.5. The Labute approximate surface area is 102 Å². The average molecular weight is 251 g/mol. The first-order chi connectivity index (χ1) is 6.40. The number of halogens is 2. The molecule has 2 heterocycles. The van der Waals surface area contributed by atoms with Crippen molar-refractivity contribution in [2.45, 2.75) is 26.0 Å². The molecule has 0 radical (unpaired) electrons. The first-order valence-electron chi connectivity index (χ1n) is 4.70. The highest BCUT2D eigenvalue weighted by Gasteiger charge is 2.14. The zero-order valence-corrected chi connectivity index (χ0v) is 10.2. The SMILES string of the molecule is CC[C@@H]1CNCc2cnccc2O1.Cl.Cl. The quantitative estimate of drug-likeness (QED) is 0.830. The van der Waals surface area contributed by atoms with Crippen LogP contribution in [0.15, 0.2) is 18.5 Å². The number of rotatable bonds is 1. The number of fused-ring (bicyclic) bond motifs is 1. The van der Waals surface area contributed by atoms with Crippen molar-refractivity contribution in [3.63, 3.8) is 0 Å². The number of aromatic nitrogens is 1. The van der Waals surface area contributed by atoms with Gasteiger partial charge in [-0.05, 0) is 12.5 Å². The van der Waals surface area contributed by atoms with Crippen molar-refractivity contribution in [3.05, 3.63) is 24.0 Å². The van der Waals surface area contributed by atoms with Crippen LogP contribution in [0.1, 0.15) is 18.9 Å². The highest BCUT2D eigenvalue weighted by Crippen LogP contribution is 2.20. The molecular weight excluding hydrogens is 235 g/mol. The van der Waals surface area contributed by atoms with Crippen LogP contribution in [0, 0.1) is 0 Å². The van der Waals surface area contributed by atoms with Crippen molar-refractivity contribution in [1.82, 2.24) is 10.3 Å². The molecule has 0 amide bonds. The summed E-state index contributed by atoms with van der Waals surface area (Å²) in [4.78, 5) is 4.07. The van der Waals surface area contributed by atoms with Gasteiger partial charge in [-0.1, -0.05) is 6.92 Å². The Morgan fingerprint density at radius 1 is 1.53 bits per heavy atom. The lowest BCUT2D eigenvalue weighted by molar-refractivity contribution is 0.202. The van der Waals surface area contributed by atoms with Crippen LogP contribution >= 0.6 is 24.8 Å². The number of nitrogens with zero attached hydrogens (tertiary/aromatic N) is 1. The Morgan fingerprint density at radius 3 is 3.07 bits per heavy atom. The summed E-state index contributed by atoms with van der Waals surface area (Å²) in [5.41, 5.74) is 1.15. The minimum Gasteiger partial charge on any atom is -0.489 e. The van der Waals surface area contributed by atoms with Crippen LogP contribution < -0.4 is 10.1 Å². The molecule has 0 spiro atoms. The van der Waals surface area contributed by atoms with Gasteiger partial charge in [0.1, 0.15) is 11.9 Å². The normalized spacial score (nSPS) is 18.6. The summed E-state index contributed by atoms with van der Waals surface area (Å²) < 4.78 is 5.80. The summed E-state index contributed by atoms with van der Waals surface area (Å²) in [7, 11) is 0. The van der Waals surface area contributed by atoms with Gasteiger partial charge in [0.25, 0.3) is 0 Å². The average Bonchev–Trinajstić information content (AvgIpc) is 2.38. The summed E-state index contributed by atoms with van der Waals surface area (Å²) in [5.74, 6) is 0.979. The molecule has 15 heavy (non-hydrogen) atoms. The molecule has 0 unspecified atom stereocenters. The molecule has 1 aromatic rings. The van der Waals surface area contributed by atoms with Crippen molar-refractivity contribution in [3.8, 4) is 5.75 Å². The van der Waals surface area contributed by atoms with E-state index in [-0.39, 0.29) is 24.8 Å². The van der Waals surface area contributed by atoms with Gasteiger partial charge in [0.05, 0.1) is 0 Å². The van der Waals surface area contributed by atoms with E-state index in [0.717, 1.165) is 30.8 Å². The van der Waals surface area contributed by atoms with Crippen LogP contribution in [0.3, 0.4) is 0 Å². The maximum Gasteiger partial charge on any atom is 0.127 e. The Morgan fingerprint density at radius 2 is 2.33 bits per heavy atom. The van der Waals surface area contributed by atoms with Gasteiger partial charge in [0.15, 0.2) is 0 Å². The van der Waals surface area contributed by atoms with Crippen LogP contribution in [0.2, 0.25) is 0 Å². The fourth-order valence-corrected chi connectivity index (χ4v) is 1.48. The predicted octanol–water partition coefficient (Wildman–Crippen LogP) is 2.19. The van der Waals surface area contributed by atoms with Gasteiger partial charge in [-0.25, -0.2) is 0 Å². The topological polar surface area (TPSA) is 34.2 Å². The minimum absolute atomic E-state index is 0. The van der Waals surface area contributed by atoms with E-state index in [9.17, 15) is 0 Å². The van der Waals surface area contributed by atoms with Crippen LogP contribution in [-0.4, -0.2) is 17.6 Å². The molecular formula is C10H16Cl2N2O. The van der Waals surface area contributed by atoms with Crippen LogP contribution in [0.4, 0.5) is 0 Å². The first-order valence-corrected chi connectivity index (χ1v) is 4.70. The van der Waals surface area contributed by atoms with Crippen LogP contribution in [0.5, 0.6) is 5.75 Å². The molecule has 1 aliphatic heterocycles. The number of hydrogen-bond donors (Lipinski definition) is 1. The molecule has 0 fully saturated rings. The smallest absolute Gasteiger partial charge is 0.127 e. The number of ether oxygens (including phenoxy) is 1. The van der Waals surface area contributed by atoms with E-state index in [4.69, 9.17) is 4.74 Å². The number of hydrogen-bond acceptors (Lipinski definition) is 3. The summed E-state index contributed by atoms with van der Waals surface area (Å²) in [6, 6.07) is 1.94. The van der Waals surface area contributed by atoms with Crippen molar-refractivity contribution >= 4 is 24.8 Å². The van der Waals surface area contributed by atoms with Crippen molar-refractivity contribution in [1.29, 1.82) is 0 Å². The molecule has 1 aromatic heterocycles. The maximum absolute atomic E-state index is 5.80. The lowest BCUT2D eigenvalue weighted by atomic mass is 10.2. The van der Waals surface area contributed by atoms with Gasteiger partial charge in [-0.15, -0.1) is 24.8 Å². The minimum atomic E-state index is 0. The Balaban J connectivity index is 0.000000980. The summed E-state index contributed by atoms with van der Waals surface area (Å²) >= 11 is 0. The van der Waals surface area contributed by atoms with E-state index < -0.39 is 0 Å². The molecule has 0 saturated heterocycles. The van der Waals surface area contributed by atoms with Crippen LogP contribution in [-0.2, 0) is 6.54 Å². The molecule has 0 bridgehead atoms. The largest absolute Gasteiger partial charge is 0.489 e. The van der Waals surface area contributed by atoms with Gasteiger partial charge in [-0.2, -0.15) is 0 Å². The van der Waals surface area contributed by atoms with Crippen molar-refractivity contribution in [2.75, 3.05) is 6.54 Å². The van der Waals surface area contributed by atoms with Gasteiger partial charge in [-0.3, -0.25) is 4.98 Å². The van der Waals surface area contributed by atoms with Gasteiger partial charge < -0.3 is 10.1 Å². The Hall–Kier alpha value is -0.510. The zero-order chi connectivity index (χ0) is 9.10. The summed E-state index contributed by atoms with van der Waals surface area (Å²) in [6.45, 7) is 3.92. The zero-order valence-electron chi connectivity index (χ0n) is 8.60. The molecule has 5 heteroatoms. The molecule has 86 valence electrons. The van der Waals surface area contributed by atoms with Crippen molar-refractivity contribution < 1.29 is 4.74 Å². The van der Waals surface area contributed by atoms with E-state index in [1.807, 2.05) is 12.3 Å². The third-order valence-corrected chi connectivity index (χ3v) is 2.30. The fourth-order valence-electron chi connectivity index (χ4n) is 1.48. The van der Waals surface area contributed by atoms with Gasteiger partial charge in [0.2, 0.25) is 0 Å². The lowest BCUT2D eigenvalue weighted by Crippen LogP contribution is -2.27. The molecule has 1 atom stereocenters. The van der Waals surface area contributed by atoms with Gasteiger partial charge >= 0.3 is 0 Å². The predicted molar refractivity (Wildman–Crippen MR) is 65.1 cm³/mol. The summed E-state index contributed by atoms with van der Waals surface area (Å²) in [6.07, 6.45) is 4.97. The third-order valence-electron chi connectivity index (χ3n) is 2.30. The van der Waals surface area contributed by atoms with E-state index in [0.29, 0.717) is 6.10 Å². The Kier molecular flexibility index (Phi) is 6.65. The molecule has 3 nitrogen and oxygen atoms in total. The second-order valence-corrected chi connectivity index (χ2v) is 3.26. The molecule has 0 saturated carbocycles. The standard InChI is InChI=1S/C10H14N2O.2ClH/c1-2-9-7-12-6-8-5-11-4-3-10(8)13-9;;/h3-5,9,12H,2,6-7H2,1H3;2*1H/t9-;;/m1../s1. The van der Waals surface area contributed by atoms with Crippen LogP contribution in [0.25, 0.3) is 0 Å². The molecule has 1 N–H and O–H groups in total.